The summed E-state index contributed by atoms with van der Waals surface area (Å²) in [5.74, 6) is 0.598. The van der Waals surface area contributed by atoms with E-state index in [0.717, 1.165) is 0 Å². The second-order valence-electron chi connectivity index (χ2n) is 7.63. The summed E-state index contributed by atoms with van der Waals surface area (Å²) in [6.45, 7) is 0.932. The lowest BCUT2D eigenvalue weighted by Gasteiger charge is -2.27. The number of nitrogens with two attached hydrogens (primary N) is 1. The molecule has 0 spiro atoms. The van der Waals surface area contributed by atoms with Gasteiger partial charge in [-0.25, -0.2) is 23.2 Å². The molecule has 1 aromatic heterocycles. The summed E-state index contributed by atoms with van der Waals surface area (Å²) in [4.78, 5) is 20.3. The van der Waals surface area contributed by atoms with Gasteiger partial charge in [0.2, 0.25) is 0 Å². The van der Waals surface area contributed by atoms with Crippen LogP contribution in [0.3, 0.4) is 0 Å². The lowest BCUT2D eigenvalue weighted by Crippen LogP contribution is -2.37. The maximum Gasteiger partial charge on any atom is 0.318 e. The van der Waals surface area contributed by atoms with E-state index in [9.17, 15) is 13.2 Å². The van der Waals surface area contributed by atoms with Crippen LogP contribution >= 0.6 is 0 Å². The summed E-state index contributed by atoms with van der Waals surface area (Å²) in [5, 5.41) is 4.75. The van der Waals surface area contributed by atoms with Gasteiger partial charge in [-0.3, -0.25) is 0 Å². The molecule has 0 unspecified atom stereocenters. The molecule has 0 atom stereocenters. The zero-order chi connectivity index (χ0) is 21.4. The molecule has 1 aliphatic heterocycles. The van der Waals surface area contributed by atoms with E-state index in [1.165, 1.54) is 7.05 Å². The fourth-order valence-corrected chi connectivity index (χ4v) is 6.35. The van der Waals surface area contributed by atoms with E-state index >= 15 is 0 Å². The van der Waals surface area contributed by atoms with Crippen molar-refractivity contribution >= 4 is 27.4 Å². The second-order valence-corrected chi connectivity index (χ2v) is 10.2. The summed E-state index contributed by atoms with van der Waals surface area (Å²) >= 11 is 0. The van der Waals surface area contributed by atoms with Crippen LogP contribution in [0.1, 0.15) is 31.4 Å². The first-order valence-electron chi connectivity index (χ1n) is 9.91. The minimum Gasteiger partial charge on any atom is -0.384 e. The summed E-state index contributed by atoms with van der Waals surface area (Å²) in [6.07, 6.45) is 2.10. The minimum absolute atomic E-state index is 0.232. The largest absolute Gasteiger partial charge is 0.384 e. The van der Waals surface area contributed by atoms with Gasteiger partial charge in [-0.1, -0.05) is 0 Å². The molecule has 9 nitrogen and oxygen atoms in total. The average molecular weight is 432 g/mol. The molecule has 4 N–H and O–H groups in total. The van der Waals surface area contributed by atoms with Gasteiger partial charge in [0.05, 0.1) is 10.9 Å². The van der Waals surface area contributed by atoms with E-state index in [1.807, 2.05) is 0 Å². The van der Waals surface area contributed by atoms with Crippen LogP contribution in [-0.2, 0) is 19.3 Å². The first-order chi connectivity index (χ1) is 14.4. The standard InChI is InChI=1S/C20H25N5O4S/c1-22-19(26)23-14-4-2-13(3-5-14)18-24-16(12-17(21)25-18)20(8-9-20)30(27,28)15-6-10-29-11-7-15/h2-5,12,15H,6-11H2,1H3,(H2,21,24,25)(H2,22,23,26). The average Bonchev–Trinajstić information content (AvgIpc) is 3.57. The molecule has 0 bridgehead atoms. The number of hydrogen-bond donors (Lipinski definition) is 3. The zero-order valence-electron chi connectivity index (χ0n) is 16.7. The third-order valence-corrected chi connectivity index (χ3v) is 8.75. The first kappa shape index (κ1) is 20.5. The molecule has 4 rings (SSSR count). The fraction of sp³-hybridized carbons (Fsp3) is 0.450. The number of urea groups is 1. The molecule has 30 heavy (non-hydrogen) atoms. The number of aromatic nitrogens is 2. The SMILES string of the molecule is CNC(=O)Nc1ccc(-c2nc(N)cc(C3(S(=O)(=O)C4CCOCC4)CC3)n2)cc1. The van der Waals surface area contributed by atoms with Crippen LogP contribution in [0.25, 0.3) is 11.4 Å². The number of nitrogen functional groups attached to an aromatic ring is 1. The van der Waals surface area contributed by atoms with Crippen LogP contribution in [0, 0.1) is 0 Å². The van der Waals surface area contributed by atoms with Gasteiger partial charge in [-0.15, -0.1) is 0 Å². The maximum absolute atomic E-state index is 13.4. The molecule has 2 amide bonds. The van der Waals surface area contributed by atoms with Crippen molar-refractivity contribution in [2.24, 2.45) is 0 Å². The van der Waals surface area contributed by atoms with Gasteiger partial charge in [0, 0.05) is 37.6 Å². The van der Waals surface area contributed by atoms with Crippen molar-refractivity contribution in [1.82, 2.24) is 15.3 Å². The fourth-order valence-electron chi connectivity index (χ4n) is 3.83. The molecule has 0 radical (unpaired) electrons. The molecule has 160 valence electrons. The Balaban J connectivity index is 1.65. The van der Waals surface area contributed by atoms with Crippen molar-refractivity contribution in [3.05, 3.63) is 36.0 Å². The van der Waals surface area contributed by atoms with Gasteiger partial charge in [0.15, 0.2) is 15.7 Å². The number of anilines is 2. The summed E-state index contributed by atoms with van der Waals surface area (Å²) in [6, 6.07) is 8.23. The number of sulfone groups is 1. The molecule has 1 aliphatic carbocycles. The van der Waals surface area contributed by atoms with E-state index in [4.69, 9.17) is 10.5 Å². The Hall–Kier alpha value is -2.72. The lowest BCUT2D eigenvalue weighted by molar-refractivity contribution is 0.0981. The quantitative estimate of drug-likeness (QED) is 0.659. The smallest absolute Gasteiger partial charge is 0.318 e. The van der Waals surface area contributed by atoms with Gasteiger partial charge < -0.3 is 21.1 Å². The molecule has 1 aromatic carbocycles. The number of carbonyl (C=O) groups excluding carboxylic acids is 1. The molecule has 10 heteroatoms. The van der Waals surface area contributed by atoms with Crippen molar-refractivity contribution in [2.45, 2.75) is 35.7 Å². The van der Waals surface area contributed by atoms with Crippen LogP contribution in [-0.4, -0.2) is 49.9 Å². The Morgan fingerprint density at radius 3 is 2.43 bits per heavy atom. The van der Waals surface area contributed by atoms with Crippen LogP contribution in [0.4, 0.5) is 16.3 Å². The highest BCUT2D eigenvalue weighted by atomic mass is 32.2. The highest BCUT2D eigenvalue weighted by Crippen LogP contribution is 2.54. The molecule has 1 saturated carbocycles. The van der Waals surface area contributed by atoms with Crippen molar-refractivity contribution in [3.8, 4) is 11.4 Å². The van der Waals surface area contributed by atoms with Crippen molar-refractivity contribution in [1.29, 1.82) is 0 Å². The van der Waals surface area contributed by atoms with Gasteiger partial charge in [0.25, 0.3) is 0 Å². The number of nitrogens with zero attached hydrogens (tertiary/aromatic N) is 2. The predicted octanol–water partition coefficient (Wildman–Crippen LogP) is 2.06. The Morgan fingerprint density at radius 1 is 1.17 bits per heavy atom. The van der Waals surface area contributed by atoms with Crippen molar-refractivity contribution in [3.63, 3.8) is 0 Å². The van der Waals surface area contributed by atoms with Gasteiger partial charge in [-0.05, 0) is 49.9 Å². The van der Waals surface area contributed by atoms with E-state index in [0.29, 0.717) is 61.7 Å². The van der Waals surface area contributed by atoms with E-state index < -0.39 is 19.8 Å². The van der Waals surface area contributed by atoms with Gasteiger partial charge in [-0.2, -0.15) is 0 Å². The highest BCUT2D eigenvalue weighted by Gasteiger charge is 2.59. The summed E-state index contributed by atoms with van der Waals surface area (Å²) < 4.78 is 31.2. The van der Waals surface area contributed by atoms with Crippen LogP contribution in [0.2, 0.25) is 0 Å². The number of carbonyl (C=O) groups is 1. The second kappa shape index (κ2) is 7.84. The van der Waals surface area contributed by atoms with E-state index in [2.05, 4.69) is 20.6 Å². The maximum atomic E-state index is 13.4. The first-order valence-corrected chi connectivity index (χ1v) is 11.5. The summed E-state index contributed by atoms with van der Waals surface area (Å²) in [5.41, 5.74) is 7.79. The topological polar surface area (TPSA) is 136 Å². The number of benzene rings is 1. The van der Waals surface area contributed by atoms with E-state index in [-0.39, 0.29) is 11.8 Å². The number of ether oxygens (including phenoxy) is 1. The Morgan fingerprint density at radius 2 is 1.83 bits per heavy atom. The van der Waals surface area contributed by atoms with Crippen LogP contribution in [0.15, 0.2) is 30.3 Å². The molecular formula is C20H25N5O4S. The Kier molecular flexibility index (Phi) is 5.37. The van der Waals surface area contributed by atoms with E-state index in [1.54, 1.807) is 30.3 Å². The number of rotatable bonds is 5. The van der Waals surface area contributed by atoms with Gasteiger partial charge in [0.1, 0.15) is 10.6 Å². The minimum atomic E-state index is -3.42. The Labute approximate surface area is 175 Å². The lowest BCUT2D eigenvalue weighted by atomic mass is 10.1. The van der Waals surface area contributed by atoms with Gasteiger partial charge >= 0.3 is 6.03 Å². The highest BCUT2D eigenvalue weighted by molar-refractivity contribution is 7.93. The molecule has 1 saturated heterocycles. The van der Waals surface area contributed by atoms with Crippen molar-refractivity contribution in [2.75, 3.05) is 31.3 Å². The Bertz CT molecular complexity index is 1050. The number of hydrogen-bond acceptors (Lipinski definition) is 7. The number of nitrogens with one attached hydrogen (secondary N) is 2. The third kappa shape index (κ3) is 3.72. The number of amides is 2. The molecule has 2 aromatic rings. The zero-order valence-corrected chi connectivity index (χ0v) is 17.5. The van der Waals surface area contributed by atoms with Crippen LogP contribution < -0.4 is 16.4 Å². The molecule has 2 fully saturated rings. The molecule has 2 aliphatic rings. The normalized spacial score (nSPS) is 18.6. The summed E-state index contributed by atoms with van der Waals surface area (Å²) in [7, 11) is -1.89. The van der Waals surface area contributed by atoms with Crippen molar-refractivity contribution < 1.29 is 17.9 Å². The third-order valence-electron chi connectivity index (χ3n) is 5.70. The molecule has 2 heterocycles. The van der Waals surface area contributed by atoms with Crippen LogP contribution in [0.5, 0.6) is 0 Å². The monoisotopic (exact) mass is 431 g/mol. The predicted molar refractivity (Wildman–Crippen MR) is 114 cm³/mol. The molecular weight excluding hydrogens is 406 g/mol.